The molecule has 162 valence electrons. The largest absolute Gasteiger partial charge is 0.490 e. The number of rotatable bonds is 8. The molecule has 0 spiro atoms. The first kappa shape index (κ1) is 22.8. The van der Waals surface area contributed by atoms with Crippen LogP contribution in [0.25, 0.3) is 11.0 Å². The highest BCUT2D eigenvalue weighted by atomic mass is 31.3. The summed E-state index contributed by atoms with van der Waals surface area (Å²) in [6.45, 7) is -0.735. The van der Waals surface area contributed by atoms with Gasteiger partial charge in [0.1, 0.15) is 23.6 Å². The van der Waals surface area contributed by atoms with Gasteiger partial charge in [0.05, 0.1) is 12.7 Å². The van der Waals surface area contributed by atoms with Gasteiger partial charge in [0.2, 0.25) is 0 Å². The molecule has 0 amide bonds. The Labute approximate surface area is 163 Å². The Bertz CT molecular complexity index is 979. The standard InChI is InChI=1S/C13H17O13P3/c14-9-6-12(11-5-8-3-1-2-4-10(8)23-11)24-13(9)7-22-28(18,19)26-29(20,21)25-27(15,16)17/h1-5,9,12-14H,6-7H2,(H,18,19)(H,20,21)(H2,15,16,17)/t9-,12+,13+/m0/s1. The lowest BCUT2D eigenvalue weighted by Crippen LogP contribution is -2.26. The molecule has 0 aliphatic carbocycles. The molecule has 0 saturated carbocycles. The van der Waals surface area contributed by atoms with Crippen LogP contribution in [0.15, 0.2) is 34.7 Å². The Kier molecular flexibility index (Phi) is 6.53. The summed E-state index contributed by atoms with van der Waals surface area (Å²) >= 11 is 0. The van der Waals surface area contributed by atoms with Crippen LogP contribution in [0.2, 0.25) is 0 Å². The van der Waals surface area contributed by atoms with E-state index in [2.05, 4.69) is 13.1 Å². The van der Waals surface area contributed by atoms with Gasteiger partial charge in [-0.1, -0.05) is 18.2 Å². The minimum absolute atomic E-state index is 0.0875. The Hall–Kier alpha value is -0.910. The first-order chi connectivity index (χ1) is 13.3. The topological polar surface area (TPSA) is 202 Å². The van der Waals surface area contributed by atoms with Crippen LogP contribution in [0, 0.1) is 0 Å². The predicted octanol–water partition coefficient (Wildman–Crippen LogP) is 1.97. The Morgan fingerprint density at radius 2 is 1.72 bits per heavy atom. The molecule has 0 radical (unpaired) electrons. The molecular weight excluding hydrogens is 457 g/mol. The van der Waals surface area contributed by atoms with Crippen molar-refractivity contribution in [3.63, 3.8) is 0 Å². The van der Waals surface area contributed by atoms with Gasteiger partial charge in [0, 0.05) is 11.8 Å². The number of phosphoric acid groups is 3. The van der Waals surface area contributed by atoms with E-state index in [1.807, 2.05) is 12.1 Å². The predicted molar refractivity (Wildman–Crippen MR) is 94.3 cm³/mol. The van der Waals surface area contributed by atoms with Gasteiger partial charge < -0.3 is 33.8 Å². The summed E-state index contributed by atoms with van der Waals surface area (Å²) in [5, 5.41) is 10.9. The molecular formula is C13H17O13P3. The Morgan fingerprint density at radius 1 is 1.03 bits per heavy atom. The fraction of sp³-hybridized carbons (Fsp3) is 0.385. The highest BCUT2D eigenvalue weighted by Crippen LogP contribution is 2.66. The minimum atomic E-state index is -5.61. The van der Waals surface area contributed by atoms with Gasteiger partial charge in [-0.05, 0) is 12.1 Å². The minimum Gasteiger partial charge on any atom is -0.458 e. The van der Waals surface area contributed by atoms with Crippen LogP contribution in [-0.2, 0) is 31.6 Å². The first-order valence-corrected chi connectivity index (χ1v) is 12.5. The smallest absolute Gasteiger partial charge is 0.458 e. The SMILES string of the molecule is O=P(O)(O)OP(=O)(O)OP(=O)(O)OC[C@H]1O[C@@H](c2cc3ccccc3o2)C[C@@H]1O. The summed E-state index contributed by atoms with van der Waals surface area (Å²) < 4.78 is 56.5. The summed E-state index contributed by atoms with van der Waals surface area (Å²) in [7, 11) is -16.4. The molecule has 13 nitrogen and oxygen atoms in total. The molecule has 3 rings (SSSR count). The van der Waals surface area contributed by atoms with E-state index in [1.165, 1.54) is 0 Å². The van der Waals surface area contributed by atoms with Gasteiger partial charge in [0.15, 0.2) is 0 Å². The van der Waals surface area contributed by atoms with Crippen LogP contribution in [-0.4, -0.2) is 43.5 Å². The van der Waals surface area contributed by atoms with Crippen LogP contribution in [0.3, 0.4) is 0 Å². The third kappa shape index (κ3) is 6.28. The summed E-state index contributed by atoms with van der Waals surface area (Å²) in [6.07, 6.45) is -2.82. The summed E-state index contributed by atoms with van der Waals surface area (Å²) in [4.78, 5) is 35.5. The average molecular weight is 474 g/mol. The lowest BCUT2D eigenvalue weighted by molar-refractivity contribution is -0.0267. The molecule has 5 N–H and O–H groups in total. The summed E-state index contributed by atoms with van der Waals surface area (Å²) in [6, 6.07) is 8.89. The highest BCUT2D eigenvalue weighted by Gasteiger charge is 2.43. The van der Waals surface area contributed by atoms with Crippen molar-refractivity contribution in [3.8, 4) is 0 Å². The Morgan fingerprint density at radius 3 is 2.38 bits per heavy atom. The molecule has 2 aromatic rings. The zero-order valence-electron chi connectivity index (χ0n) is 14.4. The normalized spacial score (nSPS) is 27.0. The molecule has 16 heteroatoms. The third-order valence-electron chi connectivity index (χ3n) is 3.80. The average Bonchev–Trinajstić information content (AvgIpc) is 3.12. The van der Waals surface area contributed by atoms with Gasteiger partial charge in [-0.15, -0.1) is 0 Å². The number of ether oxygens (including phenoxy) is 1. The number of hydrogen-bond donors (Lipinski definition) is 5. The molecule has 1 aromatic heterocycles. The zero-order valence-corrected chi connectivity index (χ0v) is 17.1. The van der Waals surface area contributed by atoms with E-state index >= 15 is 0 Å². The second kappa shape index (κ2) is 8.32. The second-order valence-corrected chi connectivity index (χ2v) is 10.5. The quantitative estimate of drug-likeness (QED) is 0.348. The number of aliphatic hydroxyl groups excluding tert-OH is 1. The van der Waals surface area contributed by atoms with Gasteiger partial charge in [-0.3, -0.25) is 4.52 Å². The van der Waals surface area contributed by atoms with Crippen molar-refractivity contribution in [2.45, 2.75) is 24.7 Å². The number of para-hydroxylation sites is 1. The van der Waals surface area contributed by atoms with Crippen molar-refractivity contribution in [2.24, 2.45) is 0 Å². The number of phosphoric ester groups is 1. The number of furan rings is 1. The summed E-state index contributed by atoms with van der Waals surface area (Å²) in [5.41, 5.74) is 0.609. The van der Waals surface area contributed by atoms with Crippen molar-refractivity contribution >= 4 is 34.4 Å². The van der Waals surface area contributed by atoms with Crippen LogP contribution in [0.4, 0.5) is 0 Å². The van der Waals surface area contributed by atoms with Crippen molar-refractivity contribution in [3.05, 3.63) is 36.1 Å². The number of fused-ring (bicyclic) bond motifs is 1. The molecule has 5 atom stereocenters. The van der Waals surface area contributed by atoms with Gasteiger partial charge >= 0.3 is 23.5 Å². The van der Waals surface area contributed by atoms with E-state index in [4.69, 9.17) is 23.8 Å². The molecule has 1 aromatic carbocycles. The van der Waals surface area contributed by atoms with E-state index < -0.39 is 48.4 Å². The lowest BCUT2D eigenvalue weighted by Gasteiger charge is -2.19. The highest BCUT2D eigenvalue weighted by molar-refractivity contribution is 7.66. The molecule has 1 fully saturated rings. The van der Waals surface area contributed by atoms with E-state index in [1.54, 1.807) is 18.2 Å². The molecule has 29 heavy (non-hydrogen) atoms. The molecule has 1 aliphatic heterocycles. The maximum Gasteiger partial charge on any atom is 0.490 e. The molecule has 1 saturated heterocycles. The molecule has 2 heterocycles. The van der Waals surface area contributed by atoms with Crippen LogP contribution >= 0.6 is 23.5 Å². The maximum absolute atomic E-state index is 11.7. The monoisotopic (exact) mass is 474 g/mol. The second-order valence-electron chi connectivity index (χ2n) is 6.04. The van der Waals surface area contributed by atoms with Gasteiger partial charge in [-0.25, -0.2) is 13.7 Å². The lowest BCUT2D eigenvalue weighted by atomic mass is 10.1. The van der Waals surface area contributed by atoms with Gasteiger partial charge in [-0.2, -0.15) is 8.62 Å². The van der Waals surface area contributed by atoms with E-state index in [-0.39, 0.29) is 6.42 Å². The van der Waals surface area contributed by atoms with Crippen LogP contribution < -0.4 is 0 Å². The maximum atomic E-state index is 11.7. The number of hydrogen-bond acceptors (Lipinski definition) is 9. The fourth-order valence-electron chi connectivity index (χ4n) is 2.69. The molecule has 2 unspecified atom stereocenters. The van der Waals surface area contributed by atoms with Crippen molar-refractivity contribution in [1.82, 2.24) is 0 Å². The fourth-order valence-corrected chi connectivity index (χ4v) is 5.72. The van der Waals surface area contributed by atoms with E-state index in [0.717, 1.165) is 5.39 Å². The summed E-state index contributed by atoms with van der Waals surface area (Å²) in [5.74, 6) is 0.422. The third-order valence-corrected chi connectivity index (χ3v) is 7.61. The Balaban J connectivity index is 1.59. The van der Waals surface area contributed by atoms with Crippen molar-refractivity contribution in [1.29, 1.82) is 0 Å². The van der Waals surface area contributed by atoms with E-state index in [0.29, 0.717) is 11.3 Å². The van der Waals surface area contributed by atoms with E-state index in [9.17, 15) is 23.7 Å². The van der Waals surface area contributed by atoms with Gasteiger partial charge in [0.25, 0.3) is 0 Å². The van der Waals surface area contributed by atoms with Crippen LogP contribution in [0.1, 0.15) is 18.3 Å². The van der Waals surface area contributed by atoms with Crippen molar-refractivity contribution in [2.75, 3.05) is 6.61 Å². The van der Waals surface area contributed by atoms with Crippen LogP contribution in [0.5, 0.6) is 0 Å². The number of aliphatic hydroxyl groups is 1. The molecule has 1 aliphatic rings. The zero-order chi connectivity index (χ0) is 21.4. The number of benzene rings is 1. The van der Waals surface area contributed by atoms with Crippen molar-refractivity contribution < 1.29 is 60.7 Å². The first-order valence-electron chi connectivity index (χ1n) is 7.94. The molecule has 0 bridgehead atoms.